The third-order valence-electron chi connectivity index (χ3n) is 6.52. The predicted molar refractivity (Wildman–Crippen MR) is 153 cm³/mol. The van der Waals surface area contributed by atoms with Crippen molar-refractivity contribution in [3.8, 4) is 35.5 Å². The average Bonchev–Trinajstić information content (AvgIpc) is 3.75. The number of ether oxygens (including phenoxy) is 4. The van der Waals surface area contributed by atoms with E-state index in [0.29, 0.717) is 26.4 Å². The molecule has 0 bridgehead atoms. The number of hydrogen-bond acceptors (Lipinski definition) is 4. The highest BCUT2D eigenvalue weighted by Gasteiger charge is 2.21. The van der Waals surface area contributed by atoms with Gasteiger partial charge in [-0.2, -0.15) is 0 Å². The summed E-state index contributed by atoms with van der Waals surface area (Å²) < 4.78 is 22.8. The van der Waals surface area contributed by atoms with E-state index >= 15 is 0 Å². The maximum Gasteiger partial charge on any atom is 0.185 e. The van der Waals surface area contributed by atoms with Gasteiger partial charge in [-0.05, 0) is 36.4 Å². The Morgan fingerprint density at radius 1 is 0.350 bits per heavy atom. The van der Waals surface area contributed by atoms with Crippen LogP contribution in [0.1, 0.15) is 57.1 Å². The highest BCUT2D eigenvalue weighted by atomic mass is 16.7. The highest BCUT2D eigenvalue weighted by molar-refractivity contribution is 5.58. The molecule has 2 aliphatic rings. The van der Waals surface area contributed by atoms with Gasteiger partial charge in [-0.15, -0.1) is 0 Å². The fourth-order valence-corrected chi connectivity index (χ4v) is 4.51. The lowest BCUT2D eigenvalue weighted by Gasteiger charge is -2.11. The Labute approximate surface area is 234 Å². The lowest BCUT2D eigenvalue weighted by Crippen LogP contribution is -2.00. The molecular formula is C36H26O4. The van der Waals surface area contributed by atoms with Crippen LogP contribution < -0.4 is 0 Å². The van der Waals surface area contributed by atoms with Crippen LogP contribution in [0.4, 0.5) is 0 Å². The van der Waals surface area contributed by atoms with Gasteiger partial charge in [-0.25, -0.2) is 0 Å². The Kier molecular flexibility index (Phi) is 8.02. The first-order valence-corrected chi connectivity index (χ1v) is 13.2. The van der Waals surface area contributed by atoms with Gasteiger partial charge in [-0.3, -0.25) is 0 Å². The number of rotatable bonds is 2. The van der Waals surface area contributed by atoms with E-state index in [2.05, 4.69) is 35.5 Å². The third-order valence-corrected chi connectivity index (χ3v) is 6.52. The summed E-state index contributed by atoms with van der Waals surface area (Å²) in [5.74, 6) is 19.9. The zero-order chi connectivity index (χ0) is 27.0. The standard InChI is InChI=1S/C36H26O4/c1-3-11-29(19-21-31-13-5-7-15-33(31)35-37-23-24-38-35)27(9-1)17-18-28-10-2-4-12-30(28)20-22-32-14-6-8-16-34(32)36-39-25-26-40-36/h1-16,35-36H,23-26H2. The molecule has 2 saturated heterocycles. The molecule has 0 spiro atoms. The minimum Gasteiger partial charge on any atom is -0.346 e. The normalized spacial score (nSPS) is 14.9. The summed E-state index contributed by atoms with van der Waals surface area (Å²) in [6.45, 7) is 2.36. The summed E-state index contributed by atoms with van der Waals surface area (Å²) >= 11 is 0. The third kappa shape index (κ3) is 6.01. The monoisotopic (exact) mass is 522 g/mol. The molecule has 0 aromatic heterocycles. The van der Waals surface area contributed by atoms with Crippen molar-refractivity contribution in [3.05, 3.63) is 142 Å². The summed E-state index contributed by atoms with van der Waals surface area (Å²) in [6.07, 6.45) is -0.744. The molecule has 0 atom stereocenters. The summed E-state index contributed by atoms with van der Waals surface area (Å²) in [5.41, 5.74) is 7.05. The molecule has 4 aromatic carbocycles. The topological polar surface area (TPSA) is 36.9 Å². The van der Waals surface area contributed by atoms with Crippen molar-refractivity contribution in [1.82, 2.24) is 0 Å². The summed E-state index contributed by atoms with van der Waals surface area (Å²) in [7, 11) is 0. The summed E-state index contributed by atoms with van der Waals surface area (Å²) in [5, 5.41) is 0. The second-order valence-electron chi connectivity index (χ2n) is 9.16. The SMILES string of the molecule is C(#Cc1ccccc1C#Cc1ccccc1C1OCCO1)c1ccccc1C#Cc1ccccc1C1OCCO1. The van der Waals surface area contributed by atoms with Crippen molar-refractivity contribution in [2.24, 2.45) is 0 Å². The Morgan fingerprint density at radius 2 is 0.600 bits per heavy atom. The molecule has 4 aromatic rings. The van der Waals surface area contributed by atoms with Gasteiger partial charge < -0.3 is 18.9 Å². The zero-order valence-corrected chi connectivity index (χ0v) is 21.9. The molecule has 0 unspecified atom stereocenters. The van der Waals surface area contributed by atoms with Crippen molar-refractivity contribution < 1.29 is 18.9 Å². The molecule has 4 heteroatoms. The largest absolute Gasteiger partial charge is 0.346 e. The van der Waals surface area contributed by atoms with E-state index in [1.807, 2.05) is 97.1 Å². The van der Waals surface area contributed by atoms with Crippen LogP contribution in [0.2, 0.25) is 0 Å². The first-order valence-electron chi connectivity index (χ1n) is 13.2. The molecule has 0 N–H and O–H groups in total. The van der Waals surface area contributed by atoms with Gasteiger partial charge in [0.05, 0.1) is 26.4 Å². The Balaban J connectivity index is 1.28. The van der Waals surface area contributed by atoms with E-state index in [0.717, 1.165) is 44.5 Å². The molecule has 4 nitrogen and oxygen atoms in total. The van der Waals surface area contributed by atoms with E-state index in [9.17, 15) is 0 Å². The minimum absolute atomic E-state index is 0.372. The van der Waals surface area contributed by atoms with Crippen molar-refractivity contribution >= 4 is 0 Å². The van der Waals surface area contributed by atoms with Gasteiger partial charge >= 0.3 is 0 Å². The van der Waals surface area contributed by atoms with Crippen LogP contribution in [-0.2, 0) is 18.9 Å². The van der Waals surface area contributed by atoms with Crippen LogP contribution in [0, 0.1) is 35.5 Å². The molecule has 194 valence electrons. The Hall–Kier alpha value is -4.60. The first-order chi connectivity index (χ1) is 19.8. The van der Waals surface area contributed by atoms with E-state index in [1.165, 1.54) is 0 Å². The van der Waals surface area contributed by atoms with E-state index in [-0.39, 0.29) is 12.6 Å². The maximum absolute atomic E-state index is 5.70. The second kappa shape index (κ2) is 12.5. The maximum atomic E-state index is 5.70. The summed E-state index contributed by atoms with van der Waals surface area (Å²) in [6, 6.07) is 31.7. The van der Waals surface area contributed by atoms with Gasteiger partial charge in [-0.1, -0.05) is 96.2 Å². The number of benzene rings is 4. The smallest absolute Gasteiger partial charge is 0.185 e. The molecule has 40 heavy (non-hydrogen) atoms. The van der Waals surface area contributed by atoms with E-state index < -0.39 is 0 Å². The molecule has 0 aliphatic carbocycles. The molecule has 2 aliphatic heterocycles. The van der Waals surface area contributed by atoms with Crippen LogP contribution in [0.25, 0.3) is 0 Å². The van der Waals surface area contributed by atoms with Crippen molar-refractivity contribution in [3.63, 3.8) is 0 Å². The van der Waals surface area contributed by atoms with Gasteiger partial charge in [0, 0.05) is 44.5 Å². The molecular weight excluding hydrogens is 496 g/mol. The molecule has 0 radical (unpaired) electrons. The second-order valence-corrected chi connectivity index (χ2v) is 9.16. The van der Waals surface area contributed by atoms with Gasteiger partial charge in [0.25, 0.3) is 0 Å². The van der Waals surface area contributed by atoms with Crippen molar-refractivity contribution in [2.75, 3.05) is 26.4 Å². The van der Waals surface area contributed by atoms with Gasteiger partial charge in [0.2, 0.25) is 0 Å². The first kappa shape index (κ1) is 25.7. The van der Waals surface area contributed by atoms with E-state index in [1.54, 1.807) is 0 Å². The highest BCUT2D eigenvalue weighted by Crippen LogP contribution is 2.27. The molecule has 0 saturated carbocycles. The Bertz CT molecular complexity index is 1570. The van der Waals surface area contributed by atoms with Crippen LogP contribution in [-0.4, -0.2) is 26.4 Å². The van der Waals surface area contributed by atoms with E-state index in [4.69, 9.17) is 18.9 Å². The molecule has 6 rings (SSSR count). The Morgan fingerprint density at radius 3 is 0.925 bits per heavy atom. The fourth-order valence-electron chi connectivity index (χ4n) is 4.51. The average molecular weight is 523 g/mol. The van der Waals surface area contributed by atoms with Crippen LogP contribution >= 0.6 is 0 Å². The summed E-state index contributed by atoms with van der Waals surface area (Å²) in [4.78, 5) is 0. The van der Waals surface area contributed by atoms with Gasteiger partial charge in [0.15, 0.2) is 12.6 Å². The molecule has 2 fully saturated rings. The van der Waals surface area contributed by atoms with Crippen LogP contribution in [0.5, 0.6) is 0 Å². The van der Waals surface area contributed by atoms with Gasteiger partial charge in [0.1, 0.15) is 0 Å². The lowest BCUT2D eigenvalue weighted by atomic mass is 10.0. The molecule has 0 amide bonds. The van der Waals surface area contributed by atoms with Crippen molar-refractivity contribution in [2.45, 2.75) is 12.6 Å². The molecule has 2 heterocycles. The van der Waals surface area contributed by atoms with Crippen LogP contribution in [0.3, 0.4) is 0 Å². The quantitative estimate of drug-likeness (QED) is 0.304. The zero-order valence-electron chi connectivity index (χ0n) is 21.9. The fraction of sp³-hybridized carbons (Fsp3) is 0.167. The lowest BCUT2D eigenvalue weighted by molar-refractivity contribution is -0.0444. The number of hydrogen-bond donors (Lipinski definition) is 0. The predicted octanol–water partition coefficient (Wildman–Crippen LogP) is 5.98. The van der Waals surface area contributed by atoms with Crippen LogP contribution in [0.15, 0.2) is 97.1 Å². The van der Waals surface area contributed by atoms with Crippen molar-refractivity contribution in [1.29, 1.82) is 0 Å². The minimum atomic E-state index is -0.372.